The van der Waals surface area contributed by atoms with Crippen molar-refractivity contribution in [1.82, 2.24) is 14.1 Å². The maximum atomic E-state index is 6.19. The lowest BCUT2D eigenvalue weighted by Crippen LogP contribution is -1.99. The predicted octanol–water partition coefficient (Wildman–Crippen LogP) is 6.33. The number of benzene rings is 3. The van der Waals surface area contributed by atoms with Gasteiger partial charge in [-0.2, -0.15) is 5.10 Å². The molecule has 0 radical (unpaired) electrons. The minimum Gasteiger partial charge on any atom is -0.342 e. The lowest BCUT2D eigenvalue weighted by molar-refractivity contribution is 0.836. The van der Waals surface area contributed by atoms with Gasteiger partial charge in [-0.15, -0.1) is 0 Å². The number of hydrogen-bond donors (Lipinski definition) is 1. The van der Waals surface area contributed by atoms with E-state index in [1.54, 1.807) is 0 Å². The number of hydrazone groups is 1. The summed E-state index contributed by atoms with van der Waals surface area (Å²) in [5.41, 5.74) is 8.27. The van der Waals surface area contributed by atoms with Gasteiger partial charge < -0.3 is 9.13 Å². The van der Waals surface area contributed by atoms with Gasteiger partial charge in [-0.05, 0) is 35.9 Å². The van der Waals surface area contributed by atoms with Crippen molar-refractivity contribution in [3.63, 3.8) is 0 Å². The highest BCUT2D eigenvalue weighted by Crippen LogP contribution is 2.25. The number of anilines is 1. The summed E-state index contributed by atoms with van der Waals surface area (Å²) in [7, 11) is 1.97. The van der Waals surface area contributed by atoms with Gasteiger partial charge in [0.25, 0.3) is 0 Å². The van der Waals surface area contributed by atoms with Crippen molar-refractivity contribution in [2.75, 3.05) is 5.43 Å². The Balaban J connectivity index is 1.44. The number of aromatic nitrogens is 3. The number of nitrogens with one attached hydrogen (secondary N) is 1. The third kappa shape index (κ3) is 3.78. The molecule has 0 fully saturated rings. The molecule has 0 saturated carbocycles. The molecule has 5 rings (SSSR count). The molecule has 0 saturated heterocycles. The van der Waals surface area contributed by atoms with Crippen LogP contribution in [-0.2, 0) is 13.6 Å². The number of aryl methyl sites for hydroxylation is 1. The first-order valence-corrected chi connectivity index (χ1v) is 10.6. The summed E-state index contributed by atoms with van der Waals surface area (Å²) in [4.78, 5) is 4.59. The number of fused-ring (bicyclic) bond motifs is 2. The largest absolute Gasteiger partial charge is 0.342 e. The van der Waals surface area contributed by atoms with Crippen LogP contribution in [0, 0.1) is 0 Å². The van der Waals surface area contributed by atoms with Gasteiger partial charge in [0.15, 0.2) is 0 Å². The van der Waals surface area contributed by atoms with Crippen LogP contribution in [0.15, 0.2) is 78.0 Å². The molecule has 154 valence electrons. The van der Waals surface area contributed by atoms with Crippen LogP contribution >= 0.6 is 23.2 Å². The molecule has 7 heteroatoms. The Kier molecular flexibility index (Phi) is 5.14. The van der Waals surface area contributed by atoms with Crippen LogP contribution in [0.3, 0.4) is 0 Å². The van der Waals surface area contributed by atoms with Crippen LogP contribution in [-0.4, -0.2) is 20.3 Å². The summed E-state index contributed by atoms with van der Waals surface area (Å²) >= 11 is 12.3. The van der Waals surface area contributed by atoms with E-state index in [9.17, 15) is 0 Å². The average Bonchev–Trinajstić information content (AvgIpc) is 3.29. The first-order valence-electron chi connectivity index (χ1n) is 9.82. The molecule has 2 aromatic heterocycles. The first kappa shape index (κ1) is 19.7. The minimum atomic E-state index is 0.559. The third-order valence-corrected chi connectivity index (χ3v) is 6.05. The van der Waals surface area contributed by atoms with Gasteiger partial charge in [-0.1, -0.05) is 59.6 Å². The summed E-state index contributed by atoms with van der Waals surface area (Å²) in [5, 5.41) is 6.70. The zero-order valence-corrected chi connectivity index (χ0v) is 18.3. The number of para-hydroxylation sites is 3. The Bertz CT molecular complexity index is 1430. The number of nitrogens with zero attached hydrogens (tertiary/aromatic N) is 4. The summed E-state index contributed by atoms with van der Waals surface area (Å²) in [6, 6.07) is 22.0. The summed E-state index contributed by atoms with van der Waals surface area (Å²) < 4.78 is 4.17. The molecular formula is C24H19Cl2N5. The summed E-state index contributed by atoms with van der Waals surface area (Å²) in [5.74, 6) is 0.692. The van der Waals surface area contributed by atoms with E-state index in [4.69, 9.17) is 23.2 Å². The molecule has 0 aliphatic carbocycles. The molecule has 0 atom stereocenters. The maximum absolute atomic E-state index is 6.19. The van der Waals surface area contributed by atoms with E-state index in [1.165, 1.54) is 0 Å². The Morgan fingerprint density at radius 1 is 0.968 bits per heavy atom. The van der Waals surface area contributed by atoms with E-state index in [0.717, 1.165) is 33.1 Å². The fourth-order valence-electron chi connectivity index (χ4n) is 3.75. The van der Waals surface area contributed by atoms with E-state index >= 15 is 0 Å². The number of halogens is 2. The van der Waals surface area contributed by atoms with Crippen LogP contribution in [0.5, 0.6) is 0 Å². The maximum Gasteiger partial charge on any atom is 0.224 e. The van der Waals surface area contributed by atoms with Crippen molar-refractivity contribution >= 4 is 57.3 Å². The average molecular weight is 448 g/mol. The summed E-state index contributed by atoms with van der Waals surface area (Å²) in [6.45, 7) is 0.684. The Hall–Kier alpha value is -3.28. The van der Waals surface area contributed by atoms with E-state index in [2.05, 4.69) is 38.4 Å². The van der Waals surface area contributed by atoms with Gasteiger partial charge in [0.2, 0.25) is 5.95 Å². The highest BCUT2D eigenvalue weighted by atomic mass is 35.5. The number of hydrogen-bond acceptors (Lipinski definition) is 3. The van der Waals surface area contributed by atoms with E-state index in [0.29, 0.717) is 22.5 Å². The predicted molar refractivity (Wildman–Crippen MR) is 129 cm³/mol. The topological polar surface area (TPSA) is 47.1 Å². The van der Waals surface area contributed by atoms with E-state index in [1.807, 2.05) is 72.4 Å². The molecule has 2 heterocycles. The van der Waals surface area contributed by atoms with Crippen LogP contribution in [0.25, 0.3) is 21.9 Å². The second-order valence-corrected chi connectivity index (χ2v) is 8.15. The van der Waals surface area contributed by atoms with Gasteiger partial charge in [-0.25, -0.2) is 10.4 Å². The SMILES string of the molecule is Cn1c(N/N=C\c2cn(Cc3ccc(Cl)c(Cl)c3)c3ccccc23)nc2ccccc21. The molecule has 0 aliphatic rings. The van der Waals surface area contributed by atoms with Gasteiger partial charge in [-0.3, -0.25) is 0 Å². The van der Waals surface area contributed by atoms with E-state index < -0.39 is 0 Å². The molecule has 0 bridgehead atoms. The van der Waals surface area contributed by atoms with Crippen molar-refractivity contribution in [1.29, 1.82) is 0 Å². The zero-order chi connectivity index (χ0) is 21.4. The second kappa shape index (κ2) is 8.10. The smallest absolute Gasteiger partial charge is 0.224 e. The molecule has 0 aliphatic heterocycles. The molecule has 3 aromatic carbocycles. The number of rotatable bonds is 5. The van der Waals surface area contributed by atoms with Gasteiger partial charge in [0.05, 0.1) is 27.3 Å². The number of imidazole rings is 1. The minimum absolute atomic E-state index is 0.559. The Morgan fingerprint density at radius 3 is 2.55 bits per heavy atom. The fourth-order valence-corrected chi connectivity index (χ4v) is 4.07. The van der Waals surface area contributed by atoms with Crippen LogP contribution in [0.1, 0.15) is 11.1 Å². The van der Waals surface area contributed by atoms with Gasteiger partial charge in [0, 0.05) is 36.3 Å². The lowest BCUT2D eigenvalue weighted by atomic mass is 10.2. The summed E-state index contributed by atoms with van der Waals surface area (Å²) in [6.07, 6.45) is 3.92. The van der Waals surface area contributed by atoms with Crippen LogP contribution in [0.4, 0.5) is 5.95 Å². The van der Waals surface area contributed by atoms with Crippen molar-refractivity contribution in [3.05, 3.63) is 94.1 Å². The molecular weight excluding hydrogens is 429 g/mol. The van der Waals surface area contributed by atoms with Gasteiger partial charge >= 0.3 is 0 Å². The van der Waals surface area contributed by atoms with Crippen molar-refractivity contribution in [2.24, 2.45) is 12.1 Å². The van der Waals surface area contributed by atoms with Crippen LogP contribution in [0.2, 0.25) is 10.0 Å². The standard InChI is InChI=1S/C24H19Cl2N5/c1-30-23-9-5-3-7-21(23)28-24(30)29-27-13-17-15-31(22-8-4-2-6-18(17)22)14-16-10-11-19(25)20(26)12-16/h2-13,15H,14H2,1H3,(H,28,29)/b27-13-. The van der Waals surface area contributed by atoms with Crippen molar-refractivity contribution < 1.29 is 0 Å². The van der Waals surface area contributed by atoms with Crippen molar-refractivity contribution in [3.8, 4) is 0 Å². The van der Waals surface area contributed by atoms with Crippen LogP contribution < -0.4 is 5.43 Å². The lowest BCUT2D eigenvalue weighted by Gasteiger charge is -2.06. The Labute approximate surface area is 189 Å². The normalized spacial score (nSPS) is 11.7. The molecule has 5 aromatic rings. The molecule has 0 unspecified atom stereocenters. The quantitative estimate of drug-likeness (QED) is 0.252. The van der Waals surface area contributed by atoms with E-state index in [-0.39, 0.29) is 0 Å². The highest BCUT2D eigenvalue weighted by Gasteiger charge is 2.09. The van der Waals surface area contributed by atoms with Crippen molar-refractivity contribution in [2.45, 2.75) is 6.54 Å². The molecule has 0 amide bonds. The molecule has 5 nitrogen and oxygen atoms in total. The highest BCUT2D eigenvalue weighted by molar-refractivity contribution is 6.42. The Morgan fingerprint density at radius 2 is 1.74 bits per heavy atom. The van der Waals surface area contributed by atoms with Gasteiger partial charge in [0.1, 0.15) is 0 Å². The fraction of sp³-hybridized carbons (Fsp3) is 0.0833. The monoisotopic (exact) mass is 447 g/mol. The second-order valence-electron chi connectivity index (χ2n) is 7.33. The molecule has 31 heavy (non-hydrogen) atoms. The molecule has 0 spiro atoms. The molecule has 1 N–H and O–H groups in total. The zero-order valence-electron chi connectivity index (χ0n) is 16.8. The first-order chi connectivity index (χ1) is 15.1. The third-order valence-electron chi connectivity index (χ3n) is 5.31.